The molecule has 0 spiro atoms. The highest BCUT2D eigenvalue weighted by Crippen LogP contribution is 2.18. The lowest BCUT2D eigenvalue weighted by atomic mass is 10.1. The highest BCUT2D eigenvalue weighted by Gasteiger charge is 2.03. The quantitative estimate of drug-likeness (QED) is 0.770. The van der Waals surface area contributed by atoms with Crippen molar-refractivity contribution in [1.29, 1.82) is 0 Å². The van der Waals surface area contributed by atoms with Crippen LogP contribution in [0, 0.1) is 0 Å². The van der Waals surface area contributed by atoms with Crippen molar-refractivity contribution in [1.82, 2.24) is 0 Å². The predicted molar refractivity (Wildman–Crippen MR) is 71.5 cm³/mol. The first-order valence-corrected chi connectivity index (χ1v) is 8.03. The molecule has 0 aliphatic carbocycles. The number of aliphatic hydroxyl groups is 1. The van der Waals surface area contributed by atoms with E-state index in [2.05, 4.69) is 0 Å². The second-order valence-electron chi connectivity index (χ2n) is 4.43. The van der Waals surface area contributed by atoms with E-state index in [1.54, 1.807) is 13.0 Å². The predicted octanol–water partition coefficient (Wildman–Crippen LogP) is 1.94. The molecule has 0 saturated carbocycles. The summed E-state index contributed by atoms with van der Waals surface area (Å²) in [6, 6.07) is 7.28. The Morgan fingerprint density at radius 3 is 2.67 bits per heavy atom. The van der Waals surface area contributed by atoms with Crippen LogP contribution in [0.15, 0.2) is 24.3 Å². The Balaban J connectivity index is 2.33. The van der Waals surface area contributed by atoms with Gasteiger partial charge in [0.25, 0.3) is 0 Å². The monoisotopic (exact) mass is 272 g/mol. The second-order valence-corrected chi connectivity index (χ2v) is 6.69. The summed E-state index contributed by atoms with van der Waals surface area (Å²) in [6.45, 7) is 2.18. The Morgan fingerprint density at radius 2 is 2.06 bits per heavy atom. The zero-order valence-electron chi connectivity index (χ0n) is 10.8. The Bertz CT molecular complexity index is 466. The average Bonchev–Trinajstić information content (AvgIpc) is 2.27. The van der Waals surface area contributed by atoms with Gasteiger partial charge in [-0.3, -0.25) is 0 Å². The Morgan fingerprint density at radius 1 is 1.33 bits per heavy atom. The van der Waals surface area contributed by atoms with Crippen LogP contribution < -0.4 is 4.74 Å². The fraction of sp³-hybridized carbons (Fsp3) is 0.538. The number of sulfone groups is 1. The first-order chi connectivity index (χ1) is 8.38. The minimum Gasteiger partial charge on any atom is -0.494 e. The van der Waals surface area contributed by atoms with Crippen LogP contribution in [0.25, 0.3) is 0 Å². The van der Waals surface area contributed by atoms with Crippen LogP contribution in [-0.2, 0) is 9.84 Å². The van der Waals surface area contributed by atoms with Gasteiger partial charge in [0.1, 0.15) is 15.6 Å². The highest BCUT2D eigenvalue weighted by molar-refractivity contribution is 7.90. The summed E-state index contributed by atoms with van der Waals surface area (Å²) in [5.74, 6) is 0.900. The average molecular weight is 272 g/mol. The van der Waals surface area contributed by atoms with Crippen LogP contribution in [0.4, 0.5) is 0 Å². The van der Waals surface area contributed by atoms with Crippen molar-refractivity contribution in [3.05, 3.63) is 29.8 Å². The van der Waals surface area contributed by atoms with Gasteiger partial charge in [0.15, 0.2) is 0 Å². The van der Waals surface area contributed by atoms with Gasteiger partial charge in [0.05, 0.1) is 18.5 Å². The molecule has 0 heterocycles. The number of hydrogen-bond acceptors (Lipinski definition) is 4. The molecule has 102 valence electrons. The largest absolute Gasteiger partial charge is 0.494 e. The van der Waals surface area contributed by atoms with Crippen molar-refractivity contribution in [3.8, 4) is 5.75 Å². The molecule has 1 aromatic rings. The van der Waals surface area contributed by atoms with E-state index in [-0.39, 0.29) is 5.75 Å². The van der Waals surface area contributed by atoms with Gasteiger partial charge in [-0.2, -0.15) is 0 Å². The van der Waals surface area contributed by atoms with Gasteiger partial charge in [-0.15, -0.1) is 0 Å². The number of unbranched alkanes of at least 4 members (excludes halogenated alkanes) is 1. The maximum Gasteiger partial charge on any atom is 0.147 e. The van der Waals surface area contributed by atoms with E-state index in [1.165, 1.54) is 6.26 Å². The summed E-state index contributed by atoms with van der Waals surface area (Å²) >= 11 is 0. The normalized spacial score (nSPS) is 13.3. The van der Waals surface area contributed by atoms with Crippen LogP contribution in [-0.4, -0.2) is 32.1 Å². The smallest absolute Gasteiger partial charge is 0.147 e. The van der Waals surface area contributed by atoms with E-state index in [4.69, 9.17) is 4.74 Å². The lowest BCUT2D eigenvalue weighted by molar-refractivity contribution is 0.198. The Labute approximate surface area is 109 Å². The van der Waals surface area contributed by atoms with E-state index >= 15 is 0 Å². The third-order valence-corrected chi connectivity index (χ3v) is 3.55. The number of aliphatic hydroxyl groups excluding tert-OH is 1. The molecule has 0 bridgehead atoms. The van der Waals surface area contributed by atoms with Crippen LogP contribution in [0.1, 0.15) is 31.4 Å². The molecule has 0 aliphatic heterocycles. The van der Waals surface area contributed by atoms with Gasteiger partial charge in [-0.05, 0) is 37.5 Å². The molecule has 1 rings (SSSR count). The molecule has 0 fully saturated rings. The molecule has 1 atom stereocenters. The molecule has 0 radical (unpaired) electrons. The molecule has 0 aliphatic rings. The molecule has 4 nitrogen and oxygen atoms in total. The maximum absolute atomic E-state index is 10.9. The van der Waals surface area contributed by atoms with Crippen LogP contribution in [0.3, 0.4) is 0 Å². The lowest BCUT2D eigenvalue weighted by Gasteiger charge is -2.09. The van der Waals surface area contributed by atoms with E-state index in [0.717, 1.165) is 5.56 Å². The topological polar surface area (TPSA) is 63.6 Å². The molecular formula is C13H20O4S. The van der Waals surface area contributed by atoms with Gasteiger partial charge < -0.3 is 9.84 Å². The number of benzene rings is 1. The summed E-state index contributed by atoms with van der Waals surface area (Å²) in [5.41, 5.74) is 0.809. The molecular weight excluding hydrogens is 252 g/mol. The summed E-state index contributed by atoms with van der Waals surface area (Å²) in [5, 5.41) is 9.43. The van der Waals surface area contributed by atoms with Crippen molar-refractivity contribution in [3.63, 3.8) is 0 Å². The van der Waals surface area contributed by atoms with Gasteiger partial charge >= 0.3 is 0 Å². The van der Waals surface area contributed by atoms with Crippen molar-refractivity contribution in [2.45, 2.75) is 25.9 Å². The van der Waals surface area contributed by atoms with Gasteiger partial charge in [-0.1, -0.05) is 12.1 Å². The van der Waals surface area contributed by atoms with E-state index in [1.807, 2.05) is 18.2 Å². The second kappa shape index (κ2) is 6.75. The molecule has 0 aromatic heterocycles. The molecule has 18 heavy (non-hydrogen) atoms. The summed E-state index contributed by atoms with van der Waals surface area (Å²) < 4.78 is 27.3. The van der Waals surface area contributed by atoms with Crippen molar-refractivity contribution >= 4 is 9.84 Å². The maximum atomic E-state index is 10.9. The highest BCUT2D eigenvalue weighted by atomic mass is 32.2. The summed E-state index contributed by atoms with van der Waals surface area (Å²) in [6.07, 6.45) is 2.03. The first kappa shape index (κ1) is 15.0. The third kappa shape index (κ3) is 6.02. The first-order valence-electron chi connectivity index (χ1n) is 5.97. The SMILES string of the molecule is CC(O)c1cccc(OCCCCS(C)(=O)=O)c1. The van der Waals surface area contributed by atoms with Gasteiger partial charge in [-0.25, -0.2) is 8.42 Å². The molecule has 5 heteroatoms. The summed E-state index contributed by atoms with van der Waals surface area (Å²) in [7, 11) is -2.88. The van der Waals surface area contributed by atoms with Crippen LogP contribution in [0.5, 0.6) is 5.75 Å². The number of ether oxygens (including phenoxy) is 1. The lowest BCUT2D eigenvalue weighted by Crippen LogP contribution is -2.05. The van der Waals surface area contributed by atoms with E-state index in [9.17, 15) is 13.5 Å². The molecule has 0 saturated heterocycles. The fourth-order valence-corrected chi connectivity index (χ4v) is 2.25. The molecule has 0 amide bonds. The van der Waals surface area contributed by atoms with Gasteiger partial charge in [0.2, 0.25) is 0 Å². The number of rotatable bonds is 7. The molecule has 1 aromatic carbocycles. The van der Waals surface area contributed by atoms with Crippen LogP contribution in [0.2, 0.25) is 0 Å². The van der Waals surface area contributed by atoms with E-state index in [0.29, 0.717) is 25.2 Å². The van der Waals surface area contributed by atoms with E-state index < -0.39 is 15.9 Å². The van der Waals surface area contributed by atoms with Crippen molar-refractivity contribution < 1.29 is 18.3 Å². The fourth-order valence-electron chi connectivity index (χ4n) is 1.52. The number of hydrogen-bond donors (Lipinski definition) is 1. The zero-order valence-corrected chi connectivity index (χ0v) is 11.6. The van der Waals surface area contributed by atoms with Gasteiger partial charge in [0, 0.05) is 6.26 Å². The Kier molecular flexibility index (Phi) is 5.62. The third-order valence-electron chi connectivity index (χ3n) is 2.52. The minimum atomic E-state index is -2.88. The van der Waals surface area contributed by atoms with Crippen LogP contribution >= 0.6 is 0 Å². The van der Waals surface area contributed by atoms with Crippen molar-refractivity contribution in [2.24, 2.45) is 0 Å². The Hall–Kier alpha value is -1.07. The molecule has 1 unspecified atom stereocenters. The minimum absolute atomic E-state index is 0.198. The molecule has 1 N–H and O–H groups in total. The zero-order chi connectivity index (χ0) is 13.6. The van der Waals surface area contributed by atoms with Crippen molar-refractivity contribution in [2.75, 3.05) is 18.6 Å². The summed E-state index contributed by atoms with van der Waals surface area (Å²) in [4.78, 5) is 0. The standard InChI is InChI=1S/C13H20O4S/c1-11(14)12-6-5-7-13(10-12)17-8-3-4-9-18(2,15)16/h5-7,10-11,14H,3-4,8-9H2,1-2H3.